The molecule has 1 aromatic heterocycles. The highest BCUT2D eigenvalue weighted by Crippen LogP contribution is 2.17. The van der Waals surface area contributed by atoms with Crippen LogP contribution in [0.15, 0.2) is 35.8 Å². The van der Waals surface area contributed by atoms with Crippen molar-refractivity contribution in [2.45, 2.75) is 26.3 Å². The first-order chi connectivity index (χ1) is 12.0. The Morgan fingerprint density at radius 1 is 1.20 bits per heavy atom. The van der Waals surface area contributed by atoms with Gasteiger partial charge in [0.25, 0.3) is 0 Å². The largest absolute Gasteiger partial charge is 0.619 e. The predicted molar refractivity (Wildman–Crippen MR) is 85.1 cm³/mol. The smallest absolute Gasteiger partial charge is 0.338 e. The minimum atomic E-state index is -0.683. The van der Waals surface area contributed by atoms with Gasteiger partial charge in [0.2, 0.25) is 0 Å². The molecule has 25 heavy (non-hydrogen) atoms. The Labute approximate surface area is 144 Å². The summed E-state index contributed by atoms with van der Waals surface area (Å²) in [6, 6.07) is 1.60. The van der Waals surface area contributed by atoms with Gasteiger partial charge in [0, 0.05) is 12.1 Å². The third-order valence-corrected chi connectivity index (χ3v) is 3.53. The summed E-state index contributed by atoms with van der Waals surface area (Å²) in [4.78, 5) is 36.0. The quantitative estimate of drug-likeness (QED) is 0.435. The maximum Gasteiger partial charge on any atom is 0.338 e. The molecular formula is C16H19N3O6. The van der Waals surface area contributed by atoms with Crippen molar-refractivity contribution in [2.75, 3.05) is 13.2 Å². The molecule has 0 saturated heterocycles. The second kappa shape index (κ2) is 8.13. The fourth-order valence-corrected chi connectivity index (χ4v) is 2.35. The molecule has 2 rings (SSSR count). The van der Waals surface area contributed by atoms with Gasteiger partial charge < -0.3 is 25.3 Å². The van der Waals surface area contributed by atoms with E-state index in [1.807, 2.05) is 0 Å². The predicted octanol–water partition coefficient (Wildman–Crippen LogP) is 0.385. The van der Waals surface area contributed by atoms with E-state index in [2.05, 4.69) is 10.6 Å². The van der Waals surface area contributed by atoms with Crippen LogP contribution < -0.4 is 15.4 Å². The Bertz CT molecular complexity index is 698. The van der Waals surface area contributed by atoms with E-state index >= 15 is 0 Å². The van der Waals surface area contributed by atoms with Gasteiger partial charge in [-0.15, -0.1) is 0 Å². The van der Waals surface area contributed by atoms with Crippen LogP contribution in [0.2, 0.25) is 0 Å². The van der Waals surface area contributed by atoms with Crippen molar-refractivity contribution in [2.24, 2.45) is 0 Å². The van der Waals surface area contributed by atoms with Crippen molar-refractivity contribution in [1.29, 1.82) is 0 Å². The summed E-state index contributed by atoms with van der Waals surface area (Å²) in [6.45, 7) is 3.36. The maximum atomic E-state index is 12.2. The van der Waals surface area contributed by atoms with E-state index in [0.717, 1.165) is 0 Å². The summed E-state index contributed by atoms with van der Waals surface area (Å²) < 4.78 is 10.7. The number of hydrogen-bond donors (Lipinski definition) is 2. The summed E-state index contributed by atoms with van der Waals surface area (Å²) in [5.74, 6) is -1.27. The summed E-state index contributed by atoms with van der Waals surface area (Å²) in [6.07, 6.45) is 2.81. The second-order valence-electron chi connectivity index (χ2n) is 5.19. The van der Waals surface area contributed by atoms with E-state index in [1.165, 1.54) is 24.5 Å². The average Bonchev–Trinajstić information content (AvgIpc) is 2.59. The molecule has 2 amide bonds. The molecule has 1 aliphatic rings. The molecule has 0 aliphatic carbocycles. The van der Waals surface area contributed by atoms with Crippen molar-refractivity contribution in [1.82, 2.24) is 10.6 Å². The SMILES string of the molecule is CCOC(=O)C1=C(COC(=O)c2cc[n+]([O-])cc2)NC(=O)N[C@H]1CC. The second-order valence-corrected chi connectivity index (χ2v) is 5.19. The Hall–Kier alpha value is -3.10. The minimum Gasteiger partial charge on any atom is -0.619 e. The van der Waals surface area contributed by atoms with Gasteiger partial charge in [-0.3, -0.25) is 0 Å². The lowest BCUT2D eigenvalue weighted by Crippen LogP contribution is -2.51. The van der Waals surface area contributed by atoms with Crippen molar-refractivity contribution < 1.29 is 28.6 Å². The molecule has 0 aromatic carbocycles. The van der Waals surface area contributed by atoms with Gasteiger partial charge in [0.15, 0.2) is 12.4 Å². The van der Waals surface area contributed by atoms with E-state index < -0.39 is 24.0 Å². The van der Waals surface area contributed by atoms with Crippen molar-refractivity contribution >= 4 is 18.0 Å². The number of pyridine rings is 1. The van der Waals surface area contributed by atoms with Gasteiger partial charge in [-0.1, -0.05) is 6.92 Å². The molecule has 0 saturated carbocycles. The zero-order chi connectivity index (χ0) is 18.4. The number of rotatable bonds is 6. The molecule has 2 N–H and O–H groups in total. The first-order valence-electron chi connectivity index (χ1n) is 7.79. The van der Waals surface area contributed by atoms with Gasteiger partial charge >= 0.3 is 18.0 Å². The Balaban J connectivity index is 2.19. The number of carbonyl (C=O) groups excluding carboxylic acids is 3. The lowest BCUT2D eigenvalue weighted by atomic mass is 10.0. The molecule has 0 fully saturated rings. The molecule has 1 aromatic rings. The Kier molecular flexibility index (Phi) is 5.93. The van der Waals surface area contributed by atoms with Crippen LogP contribution in [0.4, 0.5) is 4.79 Å². The van der Waals surface area contributed by atoms with E-state index in [9.17, 15) is 19.6 Å². The first-order valence-corrected chi connectivity index (χ1v) is 7.79. The summed E-state index contributed by atoms with van der Waals surface area (Å²) in [7, 11) is 0. The van der Waals surface area contributed by atoms with E-state index in [-0.39, 0.29) is 30.0 Å². The lowest BCUT2D eigenvalue weighted by molar-refractivity contribution is -0.605. The topological polar surface area (TPSA) is 121 Å². The molecule has 134 valence electrons. The summed E-state index contributed by atoms with van der Waals surface area (Å²) in [5.41, 5.74) is 0.581. The van der Waals surface area contributed by atoms with E-state index in [1.54, 1.807) is 13.8 Å². The summed E-state index contributed by atoms with van der Waals surface area (Å²) >= 11 is 0. The number of carbonyl (C=O) groups is 3. The fourth-order valence-electron chi connectivity index (χ4n) is 2.35. The van der Waals surface area contributed by atoms with Crippen LogP contribution in [0.1, 0.15) is 30.6 Å². The fraction of sp³-hybridized carbons (Fsp3) is 0.375. The monoisotopic (exact) mass is 349 g/mol. The number of esters is 2. The first kappa shape index (κ1) is 18.2. The van der Waals surface area contributed by atoms with Gasteiger partial charge in [-0.05, 0) is 13.3 Å². The maximum absolute atomic E-state index is 12.2. The lowest BCUT2D eigenvalue weighted by Gasteiger charge is -2.28. The van der Waals surface area contributed by atoms with Crippen LogP contribution in [0.5, 0.6) is 0 Å². The van der Waals surface area contributed by atoms with Crippen LogP contribution >= 0.6 is 0 Å². The number of hydrogen-bond acceptors (Lipinski definition) is 6. The molecule has 1 aliphatic heterocycles. The Morgan fingerprint density at radius 2 is 1.88 bits per heavy atom. The standard InChI is InChI=1S/C16H19N3O6/c1-3-11-13(15(21)24-4-2)12(18-16(22)17-11)9-25-14(20)10-5-7-19(23)8-6-10/h5-8,11H,3-4,9H2,1-2H3,(H2,17,18,22)/t11-/m0/s1. The van der Waals surface area contributed by atoms with Crippen molar-refractivity contribution in [3.63, 3.8) is 0 Å². The highest BCUT2D eigenvalue weighted by Gasteiger charge is 2.32. The average molecular weight is 349 g/mol. The summed E-state index contributed by atoms with van der Waals surface area (Å²) in [5, 5.41) is 16.1. The zero-order valence-electron chi connectivity index (χ0n) is 13.9. The van der Waals surface area contributed by atoms with Crippen LogP contribution in [0.3, 0.4) is 0 Å². The van der Waals surface area contributed by atoms with Crippen LogP contribution in [0, 0.1) is 5.21 Å². The van der Waals surface area contributed by atoms with Gasteiger partial charge in [-0.2, -0.15) is 4.73 Å². The van der Waals surface area contributed by atoms with Gasteiger partial charge in [-0.25, -0.2) is 14.4 Å². The molecule has 0 spiro atoms. The molecule has 9 heteroatoms. The normalized spacial score (nSPS) is 16.7. The number of ether oxygens (including phenoxy) is 2. The number of urea groups is 1. The highest BCUT2D eigenvalue weighted by molar-refractivity contribution is 5.95. The Morgan fingerprint density at radius 3 is 2.48 bits per heavy atom. The number of nitrogens with one attached hydrogen (secondary N) is 2. The zero-order valence-corrected chi connectivity index (χ0v) is 13.9. The van der Waals surface area contributed by atoms with Crippen LogP contribution in [0.25, 0.3) is 0 Å². The molecular weight excluding hydrogens is 330 g/mol. The van der Waals surface area contributed by atoms with E-state index in [0.29, 0.717) is 11.2 Å². The molecule has 1 atom stereocenters. The van der Waals surface area contributed by atoms with Crippen molar-refractivity contribution in [3.8, 4) is 0 Å². The molecule has 0 unspecified atom stereocenters. The number of nitrogens with zero attached hydrogens (tertiary/aromatic N) is 1. The van der Waals surface area contributed by atoms with Crippen LogP contribution in [-0.2, 0) is 14.3 Å². The number of aromatic nitrogens is 1. The van der Waals surface area contributed by atoms with E-state index in [4.69, 9.17) is 9.47 Å². The van der Waals surface area contributed by atoms with Gasteiger partial charge in [0.05, 0.1) is 29.5 Å². The number of amides is 2. The van der Waals surface area contributed by atoms with Gasteiger partial charge in [0.1, 0.15) is 6.61 Å². The third-order valence-electron chi connectivity index (χ3n) is 3.53. The molecule has 0 radical (unpaired) electrons. The van der Waals surface area contributed by atoms with Crippen molar-refractivity contribution in [3.05, 3.63) is 46.6 Å². The minimum absolute atomic E-state index is 0.178. The van der Waals surface area contributed by atoms with Crippen LogP contribution in [-0.4, -0.2) is 37.2 Å². The third kappa shape index (κ3) is 4.46. The highest BCUT2D eigenvalue weighted by atomic mass is 16.5. The molecule has 9 nitrogen and oxygen atoms in total. The molecule has 0 bridgehead atoms. The molecule has 2 heterocycles.